The van der Waals surface area contributed by atoms with Crippen molar-refractivity contribution >= 4 is 5.91 Å². The third kappa shape index (κ3) is 3.72. The monoisotopic (exact) mass is 366 g/mol. The van der Waals surface area contributed by atoms with Gasteiger partial charge in [0, 0.05) is 12.2 Å². The van der Waals surface area contributed by atoms with E-state index in [1.807, 2.05) is 44.2 Å². The summed E-state index contributed by atoms with van der Waals surface area (Å²) >= 11 is 0. The van der Waals surface area contributed by atoms with Crippen molar-refractivity contribution in [2.24, 2.45) is 0 Å². The van der Waals surface area contributed by atoms with Crippen LogP contribution in [0.4, 0.5) is 4.39 Å². The quantitative estimate of drug-likeness (QED) is 0.685. The van der Waals surface area contributed by atoms with Crippen molar-refractivity contribution in [2.75, 3.05) is 13.7 Å². The van der Waals surface area contributed by atoms with E-state index in [4.69, 9.17) is 4.74 Å². The minimum Gasteiger partial charge on any atom is -0.497 e. The largest absolute Gasteiger partial charge is 0.497 e. The van der Waals surface area contributed by atoms with E-state index in [1.165, 1.54) is 6.07 Å². The number of hydrogen-bond acceptors (Lipinski definition) is 2. The van der Waals surface area contributed by atoms with Crippen LogP contribution in [0.3, 0.4) is 0 Å². The minimum absolute atomic E-state index is 0.154. The second-order valence-electron chi connectivity index (χ2n) is 6.30. The van der Waals surface area contributed by atoms with E-state index in [9.17, 15) is 9.18 Å². The Morgan fingerprint density at radius 3 is 2.48 bits per heavy atom. The highest BCUT2D eigenvalue weighted by Gasteiger charge is 2.20. The first kappa shape index (κ1) is 18.7. The number of ether oxygens (including phenoxy) is 1. The summed E-state index contributed by atoms with van der Waals surface area (Å²) in [6, 6.07) is 15.9. The molecule has 0 atom stereocenters. The average Bonchev–Trinajstić information content (AvgIpc) is 3.03. The third-order valence-electron chi connectivity index (χ3n) is 4.51. The number of nitrogens with one attached hydrogen (secondary N) is 1. The molecule has 2 aromatic carbocycles. The third-order valence-corrected chi connectivity index (χ3v) is 4.51. The maximum atomic E-state index is 14.5. The minimum atomic E-state index is -0.341. The molecule has 0 saturated heterocycles. The lowest BCUT2D eigenvalue weighted by atomic mass is 10.1. The van der Waals surface area contributed by atoms with E-state index >= 15 is 0 Å². The molecule has 0 fully saturated rings. The second kappa shape index (κ2) is 8.08. The van der Waals surface area contributed by atoms with E-state index in [0.29, 0.717) is 23.5 Å². The highest BCUT2D eigenvalue weighted by atomic mass is 19.1. The van der Waals surface area contributed by atoms with E-state index < -0.39 is 0 Å². The standard InChI is InChI=1S/C22H23FN2O2/c1-4-13-24-22(26)18-14-21(16-9-11-17(27-3)12-10-16)25(15(18)2)20-8-6-5-7-19(20)23/h5-12,14H,4,13H2,1-3H3,(H,24,26). The van der Waals surface area contributed by atoms with Gasteiger partial charge in [0.25, 0.3) is 5.91 Å². The van der Waals surface area contributed by atoms with Crippen LogP contribution in [0.1, 0.15) is 29.4 Å². The number of amides is 1. The molecule has 1 heterocycles. The molecule has 3 rings (SSSR count). The lowest BCUT2D eigenvalue weighted by Gasteiger charge is -2.13. The summed E-state index contributed by atoms with van der Waals surface area (Å²) in [7, 11) is 1.61. The fourth-order valence-corrected chi connectivity index (χ4v) is 3.09. The number of nitrogens with zero attached hydrogens (tertiary/aromatic N) is 1. The Bertz CT molecular complexity index is 945. The lowest BCUT2D eigenvalue weighted by Crippen LogP contribution is -2.24. The predicted octanol–water partition coefficient (Wildman–Crippen LogP) is 4.74. The highest BCUT2D eigenvalue weighted by molar-refractivity contribution is 5.97. The molecule has 0 spiro atoms. The molecule has 0 radical (unpaired) electrons. The Balaban J connectivity index is 2.18. The fourth-order valence-electron chi connectivity index (χ4n) is 3.09. The smallest absolute Gasteiger partial charge is 0.253 e. The normalized spacial score (nSPS) is 10.7. The highest BCUT2D eigenvalue weighted by Crippen LogP contribution is 2.31. The van der Waals surface area contributed by atoms with Crippen molar-refractivity contribution < 1.29 is 13.9 Å². The van der Waals surface area contributed by atoms with E-state index in [1.54, 1.807) is 29.9 Å². The van der Waals surface area contributed by atoms with Gasteiger partial charge in [-0.1, -0.05) is 19.1 Å². The van der Waals surface area contributed by atoms with Crippen LogP contribution in [0.15, 0.2) is 54.6 Å². The molecule has 5 heteroatoms. The summed E-state index contributed by atoms with van der Waals surface area (Å²) < 4.78 is 21.6. The maximum absolute atomic E-state index is 14.5. The summed E-state index contributed by atoms with van der Waals surface area (Å²) in [5, 5.41) is 2.90. The van der Waals surface area contributed by atoms with Gasteiger partial charge in [0.1, 0.15) is 11.6 Å². The summed E-state index contributed by atoms with van der Waals surface area (Å²) in [6.07, 6.45) is 0.851. The molecule has 0 saturated carbocycles. The van der Waals surface area contributed by atoms with Crippen LogP contribution in [0.2, 0.25) is 0 Å². The fraction of sp³-hybridized carbons (Fsp3) is 0.227. The second-order valence-corrected chi connectivity index (χ2v) is 6.30. The Morgan fingerprint density at radius 2 is 1.85 bits per heavy atom. The molecule has 1 N–H and O–H groups in total. The van der Waals surface area contributed by atoms with Crippen molar-refractivity contribution in [3.63, 3.8) is 0 Å². The van der Waals surface area contributed by atoms with Gasteiger partial charge in [-0.15, -0.1) is 0 Å². The SMILES string of the molecule is CCCNC(=O)c1cc(-c2ccc(OC)cc2)n(-c2ccccc2F)c1C. The zero-order valence-corrected chi connectivity index (χ0v) is 15.8. The topological polar surface area (TPSA) is 43.3 Å². The van der Waals surface area contributed by atoms with Gasteiger partial charge < -0.3 is 14.6 Å². The number of para-hydroxylation sites is 1. The molecule has 4 nitrogen and oxygen atoms in total. The molecule has 1 aromatic heterocycles. The predicted molar refractivity (Wildman–Crippen MR) is 105 cm³/mol. The van der Waals surface area contributed by atoms with Crippen LogP contribution in [0.5, 0.6) is 5.75 Å². The molecule has 0 aliphatic rings. The van der Waals surface area contributed by atoms with Gasteiger partial charge in [-0.2, -0.15) is 0 Å². The van der Waals surface area contributed by atoms with Crippen molar-refractivity contribution in [1.29, 1.82) is 0 Å². The number of carbonyl (C=O) groups is 1. The number of hydrogen-bond donors (Lipinski definition) is 1. The Kier molecular flexibility index (Phi) is 5.60. The van der Waals surface area contributed by atoms with Crippen molar-refractivity contribution in [1.82, 2.24) is 9.88 Å². The van der Waals surface area contributed by atoms with E-state index in [0.717, 1.165) is 23.4 Å². The molecule has 140 valence electrons. The lowest BCUT2D eigenvalue weighted by molar-refractivity contribution is 0.0953. The van der Waals surface area contributed by atoms with Gasteiger partial charge in [0.2, 0.25) is 0 Å². The van der Waals surface area contributed by atoms with Crippen molar-refractivity contribution in [2.45, 2.75) is 20.3 Å². The first-order chi connectivity index (χ1) is 13.1. The number of rotatable bonds is 6. The van der Waals surface area contributed by atoms with Gasteiger partial charge in [0.15, 0.2) is 0 Å². The van der Waals surface area contributed by atoms with Crippen LogP contribution >= 0.6 is 0 Å². The molecule has 27 heavy (non-hydrogen) atoms. The molecule has 1 amide bonds. The van der Waals surface area contributed by atoms with Crippen LogP contribution < -0.4 is 10.1 Å². The van der Waals surface area contributed by atoms with E-state index in [2.05, 4.69) is 5.32 Å². The number of aromatic nitrogens is 1. The first-order valence-electron chi connectivity index (χ1n) is 8.96. The number of halogens is 1. The van der Waals surface area contributed by atoms with Crippen LogP contribution in [-0.2, 0) is 0 Å². The van der Waals surface area contributed by atoms with E-state index in [-0.39, 0.29) is 11.7 Å². The summed E-state index contributed by atoms with van der Waals surface area (Å²) in [5.74, 6) is 0.242. The molecule has 0 unspecified atom stereocenters. The average molecular weight is 366 g/mol. The first-order valence-corrected chi connectivity index (χ1v) is 8.96. The summed E-state index contributed by atoms with van der Waals surface area (Å²) in [5.41, 5.74) is 3.27. The molecular weight excluding hydrogens is 343 g/mol. The zero-order valence-electron chi connectivity index (χ0n) is 15.8. The molecule has 0 aliphatic heterocycles. The maximum Gasteiger partial charge on any atom is 0.253 e. The van der Waals surface area contributed by atoms with Gasteiger partial charge in [-0.25, -0.2) is 4.39 Å². The Hall–Kier alpha value is -3.08. The molecule has 0 aliphatic carbocycles. The number of carbonyl (C=O) groups excluding carboxylic acids is 1. The van der Waals surface area contributed by atoms with Crippen LogP contribution in [0.25, 0.3) is 16.9 Å². The van der Waals surface area contributed by atoms with Crippen LogP contribution in [-0.4, -0.2) is 24.1 Å². The Labute approximate surface area is 158 Å². The van der Waals surface area contributed by atoms with Crippen LogP contribution in [0, 0.1) is 12.7 Å². The number of benzene rings is 2. The summed E-state index contributed by atoms with van der Waals surface area (Å²) in [6.45, 7) is 4.43. The molecular formula is C22H23FN2O2. The molecule has 0 bridgehead atoms. The Morgan fingerprint density at radius 1 is 1.15 bits per heavy atom. The van der Waals surface area contributed by atoms with Gasteiger partial charge in [-0.05, 0) is 61.4 Å². The summed E-state index contributed by atoms with van der Waals surface area (Å²) in [4.78, 5) is 12.6. The van der Waals surface area contributed by atoms with Gasteiger partial charge >= 0.3 is 0 Å². The van der Waals surface area contributed by atoms with Gasteiger partial charge in [0.05, 0.1) is 24.1 Å². The van der Waals surface area contributed by atoms with Crippen molar-refractivity contribution in [3.8, 4) is 22.7 Å². The van der Waals surface area contributed by atoms with Gasteiger partial charge in [-0.3, -0.25) is 4.79 Å². The number of methoxy groups -OCH3 is 1. The zero-order chi connectivity index (χ0) is 19.4. The van der Waals surface area contributed by atoms with Crippen molar-refractivity contribution in [3.05, 3.63) is 71.7 Å². The molecule has 3 aromatic rings.